The van der Waals surface area contributed by atoms with E-state index in [4.69, 9.17) is 19.9 Å². The molecule has 1 aliphatic carbocycles. The lowest BCUT2D eigenvalue weighted by molar-refractivity contribution is 0.722. The van der Waals surface area contributed by atoms with Crippen LogP contribution in [0.2, 0.25) is 0 Å². The molecule has 1 aliphatic heterocycles. The van der Waals surface area contributed by atoms with Crippen LogP contribution in [0.15, 0.2) is 192 Å². The Bertz CT molecular complexity index is 2810. The summed E-state index contributed by atoms with van der Waals surface area (Å²) >= 11 is 1.85. The summed E-state index contributed by atoms with van der Waals surface area (Å²) in [4.78, 5) is 22.9. The van der Waals surface area contributed by atoms with Crippen LogP contribution in [0.5, 0.6) is 0 Å². The van der Waals surface area contributed by atoms with Gasteiger partial charge in [0.15, 0.2) is 17.5 Å². The molecule has 0 amide bonds. The maximum atomic E-state index is 5.29. The van der Waals surface area contributed by atoms with Gasteiger partial charge in [0.25, 0.3) is 0 Å². The minimum atomic E-state index is -0.574. The van der Waals surface area contributed by atoms with Crippen LogP contribution in [-0.4, -0.2) is 19.9 Å². The molecule has 0 radical (unpaired) electrons. The Morgan fingerprint density at radius 1 is 0.370 bits per heavy atom. The molecule has 54 heavy (non-hydrogen) atoms. The van der Waals surface area contributed by atoms with Gasteiger partial charge in [-0.25, -0.2) is 15.0 Å². The van der Waals surface area contributed by atoms with Gasteiger partial charge in [0.05, 0.1) is 10.9 Å². The molecule has 3 heterocycles. The van der Waals surface area contributed by atoms with Crippen molar-refractivity contribution in [3.63, 3.8) is 0 Å². The van der Waals surface area contributed by atoms with Crippen molar-refractivity contribution in [1.29, 1.82) is 0 Å². The molecule has 2 aliphatic rings. The van der Waals surface area contributed by atoms with Gasteiger partial charge in [-0.3, -0.25) is 4.98 Å². The van der Waals surface area contributed by atoms with Gasteiger partial charge < -0.3 is 0 Å². The van der Waals surface area contributed by atoms with E-state index in [-0.39, 0.29) is 0 Å². The predicted octanol–water partition coefficient (Wildman–Crippen LogP) is 11.9. The summed E-state index contributed by atoms with van der Waals surface area (Å²) in [6.07, 6.45) is 1.87. The molecular formula is C49H30N4S. The van der Waals surface area contributed by atoms with Gasteiger partial charge in [-0.2, -0.15) is 0 Å². The second-order valence-electron chi connectivity index (χ2n) is 13.7. The molecule has 0 bridgehead atoms. The van der Waals surface area contributed by atoms with E-state index in [1.54, 1.807) is 0 Å². The van der Waals surface area contributed by atoms with Gasteiger partial charge in [-0.1, -0.05) is 163 Å². The lowest BCUT2D eigenvalue weighted by Crippen LogP contribution is -2.31. The van der Waals surface area contributed by atoms with Crippen molar-refractivity contribution in [2.24, 2.45) is 0 Å². The summed E-state index contributed by atoms with van der Waals surface area (Å²) in [6, 6.07) is 62.5. The molecule has 0 N–H and O–H groups in total. The zero-order valence-electron chi connectivity index (χ0n) is 29.0. The predicted molar refractivity (Wildman–Crippen MR) is 218 cm³/mol. The third-order valence-corrected chi connectivity index (χ3v) is 12.0. The average molecular weight is 707 g/mol. The minimum Gasteiger partial charge on any atom is -0.256 e. The third kappa shape index (κ3) is 4.52. The molecule has 5 heteroatoms. The van der Waals surface area contributed by atoms with E-state index in [2.05, 4.69) is 133 Å². The fourth-order valence-corrected chi connectivity index (χ4v) is 9.86. The van der Waals surface area contributed by atoms with Gasteiger partial charge in [0, 0.05) is 38.1 Å². The number of rotatable bonds is 4. The topological polar surface area (TPSA) is 51.6 Å². The van der Waals surface area contributed by atoms with Crippen LogP contribution in [0.3, 0.4) is 0 Å². The molecule has 4 nitrogen and oxygen atoms in total. The number of pyridine rings is 1. The van der Waals surface area contributed by atoms with E-state index in [0.717, 1.165) is 44.3 Å². The van der Waals surface area contributed by atoms with Crippen molar-refractivity contribution in [1.82, 2.24) is 19.9 Å². The lowest BCUT2D eigenvalue weighted by atomic mass is 9.67. The monoisotopic (exact) mass is 706 g/mol. The highest BCUT2D eigenvalue weighted by molar-refractivity contribution is 7.99. The molecule has 0 fully saturated rings. The number of fused-ring (bicyclic) bond motifs is 10. The van der Waals surface area contributed by atoms with E-state index >= 15 is 0 Å². The van der Waals surface area contributed by atoms with Crippen molar-refractivity contribution >= 4 is 22.7 Å². The van der Waals surface area contributed by atoms with E-state index < -0.39 is 5.41 Å². The maximum Gasteiger partial charge on any atom is 0.164 e. The van der Waals surface area contributed by atoms with Crippen LogP contribution in [0.4, 0.5) is 0 Å². The number of aromatic nitrogens is 4. The molecule has 1 spiro atoms. The Morgan fingerprint density at radius 2 is 0.870 bits per heavy atom. The standard InChI is InChI=1S/C49H30N4S/c1-3-15-31(16-4-1)46-51-47(32-17-5-2-6-18-32)53-48(52-46)36-21-12-26-40-45(36)44-35(33-19-13-27-41-34(33)22-14-30-50-41)20-11-25-39(44)49(40)37-23-7-9-28-42(37)54-43-29-10-8-24-38(43)49/h1-30H. The van der Waals surface area contributed by atoms with Crippen molar-refractivity contribution < 1.29 is 0 Å². The van der Waals surface area contributed by atoms with Crippen molar-refractivity contribution in [2.75, 3.05) is 0 Å². The summed E-state index contributed by atoms with van der Waals surface area (Å²) in [5.41, 5.74) is 12.9. The molecule has 252 valence electrons. The van der Waals surface area contributed by atoms with Gasteiger partial charge >= 0.3 is 0 Å². The van der Waals surface area contributed by atoms with Crippen LogP contribution >= 0.6 is 11.8 Å². The van der Waals surface area contributed by atoms with Crippen LogP contribution in [0, 0.1) is 0 Å². The number of hydrogen-bond acceptors (Lipinski definition) is 5. The number of benzene rings is 7. The third-order valence-electron chi connectivity index (χ3n) is 10.9. The van der Waals surface area contributed by atoms with E-state index in [1.807, 2.05) is 60.4 Å². The van der Waals surface area contributed by atoms with Crippen molar-refractivity contribution in [3.8, 4) is 56.4 Å². The van der Waals surface area contributed by atoms with E-state index in [9.17, 15) is 0 Å². The molecule has 0 saturated carbocycles. The summed E-state index contributed by atoms with van der Waals surface area (Å²) in [5, 5.41) is 1.12. The average Bonchev–Trinajstić information content (AvgIpc) is 3.55. The Hall–Kier alpha value is -6.69. The first-order valence-corrected chi connectivity index (χ1v) is 19.0. The van der Waals surface area contributed by atoms with Gasteiger partial charge in [0.2, 0.25) is 0 Å². The summed E-state index contributed by atoms with van der Waals surface area (Å²) in [5.74, 6) is 1.93. The highest BCUT2D eigenvalue weighted by Crippen LogP contribution is 2.64. The summed E-state index contributed by atoms with van der Waals surface area (Å²) < 4.78 is 0. The Balaban J connectivity index is 1.29. The Labute approximate surface area is 317 Å². The molecule has 11 rings (SSSR count). The van der Waals surface area contributed by atoms with Gasteiger partial charge in [0.1, 0.15) is 0 Å². The molecule has 7 aromatic carbocycles. The van der Waals surface area contributed by atoms with Crippen molar-refractivity contribution in [3.05, 3.63) is 204 Å². The molecule has 0 saturated heterocycles. The van der Waals surface area contributed by atoms with Gasteiger partial charge in [-0.15, -0.1) is 0 Å². The summed E-state index contributed by atoms with van der Waals surface area (Å²) in [6.45, 7) is 0. The normalized spacial score (nSPS) is 13.3. The zero-order valence-corrected chi connectivity index (χ0v) is 29.8. The Kier molecular flexibility index (Phi) is 6.97. The van der Waals surface area contributed by atoms with E-state index in [0.29, 0.717) is 17.5 Å². The lowest BCUT2D eigenvalue weighted by Gasteiger charge is -2.39. The molecule has 0 atom stereocenters. The van der Waals surface area contributed by atoms with E-state index in [1.165, 1.54) is 37.6 Å². The number of hydrogen-bond donors (Lipinski definition) is 0. The highest BCUT2D eigenvalue weighted by atomic mass is 32.2. The van der Waals surface area contributed by atoms with Crippen LogP contribution < -0.4 is 0 Å². The first-order valence-electron chi connectivity index (χ1n) is 18.1. The second-order valence-corrected chi connectivity index (χ2v) is 14.8. The number of nitrogens with zero attached hydrogens (tertiary/aromatic N) is 4. The van der Waals surface area contributed by atoms with Crippen molar-refractivity contribution in [2.45, 2.75) is 15.2 Å². The fourth-order valence-electron chi connectivity index (χ4n) is 8.67. The maximum absolute atomic E-state index is 5.29. The molecule has 0 unspecified atom stereocenters. The second kappa shape index (κ2) is 12.2. The molecule has 9 aromatic rings. The smallest absolute Gasteiger partial charge is 0.164 e. The highest BCUT2D eigenvalue weighted by Gasteiger charge is 2.51. The first kappa shape index (κ1) is 30.9. The zero-order chi connectivity index (χ0) is 35.6. The fraction of sp³-hybridized carbons (Fsp3) is 0.0204. The van der Waals surface area contributed by atoms with Crippen LogP contribution in [-0.2, 0) is 5.41 Å². The van der Waals surface area contributed by atoms with Gasteiger partial charge in [-0.05, 0) is 68.8 Å². The minimum absolute atomic E-state index is 0.574. The molecule has 2 aromatic heterocycles. The molecular weight excluding hydrogens is 677 g/mol. The summed E-state index contributed by atoms with van der Waals surface area (Å²) in [7, 11) is 0. The SMILES string of the molecule is c1ccc(-c2nc(-c3ccccc3)nc(-c3cccc4c3-c3c(-c5cccc6ncccc56)cccc3C43c4ccccc4Sc4ccccc43)n2)cc1. The largest absolute Gasteiger partial charge is 0.256 e. The van der Waals surface area contributed by atoms with Crippen LogP contribution in [0.1, 0.15) is 22.3 Å². The Morgan fingerprint density at radius 3 is 1.52 bits per heavy atom. The quantitative estimate of drug-likeness (QED) is 0.182. The van der Waals surface area contributed by atoms with Crippen LogP contribution in [0.25, 0.3) is 67.3 Å². The first-order chi connectivity index (χ1) is 26.8.